The highest BCUT2D eigenvalue weighted by molar-refractivity contribution is 5.91. The van der Waals surface area contributed by atoms with Crippen LogP contribution in [0, 0.1) is 17.0 Å². The number of aromatic nitrogens is 5. The molecule has 204 valence electrons. The second-order valence-corrected chi connectivity index (χ2v) is 10.5. The molecular formula is C27H29F2N7O3. The SMILES string of the molecule is COc1ccc(F)c(CNC(=O)c2cn(Cc3cn4cc(C5CC5)cc(CC(C)(C)C(N)=O)c4n3)nn2)c1F. The molecule has 0 unspecified atom stereocenters. The van der Waals surface area contributed by atoms with Crippen molar-refractivity contribution in [3.63, 3.8) is 0 Å². The molecule has 39 heavy (non-hydrogen) atoms. The number of rotatable bonds is 10. The van der Waals surface area contributed by atoms with Gasteiger partial charge in [0.2, 0.25) is 5.91 Å². The van der Waals surface area contributed by atoms with Gasteiger partial charge in [-0.1, -0.05) is 25.1 Å². The van der Waals surface area contributed by atoms with Crippen LogP contribution in [0.15, 0.2) is 36.8 Å². The van der Waals surface area contributed by atoms with Crippen molar-refractivity contribution in [1.29, 1.82) is 0 Å². The normalized spacial score (nSPS) is 13.6. The molecule has 5 rings (SSSR count). The van der Waals surface area contributed by atoms with Gasteiger partial charge in [0.1, 0.15) is 11.5 Å². The fourth-order valence-electron chi connectivity index (χ4n) is 4.45. The summed E-state index contributed by atoms with van der Waals surface area (Å²) < 4.78 is 36.7. The maximum atomic E-state index is 14.4. The largest absolute Gasteiger partial charge is 0.494 e. The number of imidazole rings is 1. The minimum atomic E-state index is -0.878. The lowest BCUT2D eigenvalue weighted by Crippen LogP contribution is -2.33. The van der Waals surface area contributed by atoms with Crippen LogP contribution in [0.2, 0.25) is 0 Å². The molecule has 3 aromatic heterocycles. The van der Waals surface area contributed by atoms with E-state index in [1.54, 1.807) is 0 Å². The van der Waals surface area contributed by atoms with Gasteiger partial charge >= 0.3 is 0 Å². The average Bonchev–Trinajstić information content (AvgIpc) is 3.50. The first-order valence-corrected chi connectivity index (χ1v) is 12.5. The highest BCUT2D eigenvalue weighted by atomic mass is 19.1. The lowest BCUT2D eigenvalue weighted by Gasteiger charge is -2.21. The van der Waals surface area contributed by atoms with Crippen LogP contribution in [0.3, 0.4) is 0 Å². The number of nitrogens with two attached hydrogens (primary N) is 1. The first kappa shape index (κ1) is 26.3. The number of nitrogens with one attached hydrogen (secondary N) is 1. The van der Waals surface area contributed by atoms with E-state index in [-0.39, 0.29) is 36.0 Å². The maximum Gasteiger partial charge on any atom is 0.273 e. The predicted octanol–water partition coefficient (Wildman–Crippen LogP) is 3.12. The predicted molar refractivity (Wildman–Crippen MR) is 137 cm³/mol. The second-order valence-electron chi connectivity index (χ2n) is 10.5. The van der Waals surface area contributed by atoms with E-state index >= 15 is 0 Å². The Morgan fingerprint density at radius 1 is 1.21 bits per heavy atom. The van der Waals surface area contributed by atoms with E-state index in [9.17, 15) is 18.4 Å². The van der Waals surface area contributed by atoms with Crippen molar-refractivity contribution in [3.8, 4) is 5.75 Å². The number of primary amides is 1. The van der Waals surface area contributed by atoms with Gasteiger partial charge in [-0.25, -0.2) is 18.4 Å². The molecule has 0 radical (unpaired) electrons. The van der Waals surface area contributed by atoms with Crippen LogP contribution in [0.4, 0.5) is 8.78 Å². The van der Waals surface area contributed by atoms with Crippen molar-refractivity contribution in [2.45, 2.75) is 52.1 Å². The Kier molecular flexibility index (Phi) is 6.79. The van der Waals surface area contributed by atoms with Gasteiger partial charge in [0.25, 0.3) is 5.91 Å². The first-order valence-electron chi connectivity index (χ1n) is 12.5. The monoisotopic (exact) mass is 537 g/mol. The molecule has 1 aromatic carbocycles. The number of halogens is 2. The molecule has 1 saturated carbocycles. The van der Waals surface area contributed by atoms with Gasteiger partial charge in [-0.05, 0) is 48.4 Å². The zero-order chi connectivity index (χ0) is 27.9. The summed E-state index contributed by atoms with van der Waals surface area (Å²) in [5.74, 6) is -2.31. The number of ether oxygens (including phenoxy) is 1. The van der Waals surface area contributed by atoms with E-state index < -0.39 is 23.0 Å². The van der Waals surface area contributed by atoms with Crippen LogP contribution in [-0.4, -0.2) is 43.3 Å². The number of benzene rings is 1. The fraction of sp³-hybridized carbons (Fsp3) is 0.370. The zero-order valence-electron chi connectivity index (χ0n) is 21.9. The number of carbonyl (C=O) groups is 2. The van der Waals surface area contributed by atoms with Crippen LogP contribution in [0.1, 0.15) is 65.5 Å². The van der Waals surface area contributed by atoms with Gasteiger partial charge in [0, 0.05) is 29.9 Å². The second kappa shape index (κ2) is 10.1. The topological polar surface area (TPSA) is 129 Å². The summed E-state index contributed by atoms with van der Waals surface area (Å²) >= 11 is 0. The summed E-state index contributed by atoms with van der Waals surface area (Å²) in [7, 11) is 1.27. The molecule has 2 amide bonds. The third kappa shape index (κ3) is 5.45. The smallest absolute Gasteiger partial charge is 0.273 e. The van der Waals surface area contributed by atoms with Crippen LogP contribution in [0.25, 0.3) is 5.65 Å². The Morgan fingerprint density at radius 3 is 2.67 bits per heavy atom. The van der Waals surface area contributed by atoms with E-state index in [0.717, 1.165) is 30.1 Å². The van der Waals surface area contributed by atoms with E-state index in [1.165, 1.54) is 29.6 Å². The van der Waals surface area contributed by atoms with E-state index in [0.29, 0.717) is 18.0 Å². The molecule has 0 atom stereocenters. The molecule has 12 heteroatoms. The summed E-state index contributed by atoms with van der Waals surface area (Å²) in [6, 6.07) is 4.36. The Balaban J connectivity index is 1.33. The molecule has 0 spiro atoms. The Bertz CT molecular complexity index is 1570. The summed E-state index contributed by atoms with van der Waals surface area (Å²) in [5, 5.41) is 10.4. The molecular weight excluding hydrogens is 508 g/mol. The van der Waals surface area contributed by atoms with Crippen molar-refractivity contribution < 1.29 is 23.1 Å². The molecule has 0 saturated heterocycles. The number of hydrogen-bond donors (Lipinski definition) is 2. The van der Waals surface area contributed by atoms with E-state index in [1.807, 2.05) is 24.4 Å². The molecule has 1 aliphatic carbocycles. The van der Waals surface area contributed by atoms with Crippen LogP contribution < -0.4 is 15.8 Å². The highest BCUT2D eigenvalue weighted by Gasteiger charge is 2.29. The number of amides is 2. The molecule has 1 fully saturated rings. The summed E-state index contributed by atoms with van der Waals surface area (Å²) in [6.45, 7) is 3.48. The van der Waals surface area contributed by atoms with Gasteiger partial charge in [-0.3, -0.25) is 9.59 Å². The lowest BCUT2D eigenvalue weighted by molar-refractivity contribution is -0.125. The molecule has 3 N–H and O–H groups in total. The maximum absolute atomic E-state index is 14.4. The third-order valence-electron chi connectivity index (χ3n) is 6.94. The van der Waals surface area contributed by atoms with Crippen molar-refractivity contribution in [1.82, 2.24) is 29.7 Å². The summed E-state index contributed by atoms with van der Waals surface area (Å²) in [5.41, 5.74) is 8.10. The number of carbonyl (C=O) groups excluding carboxylic acids is 2. The summed E-state index contributed by atoms with van der Waals surface area (Å²) in [4.78, 5) is 29.3. The molecule has 3 heterocycles. The zero-order valence-corrected chi connectivity index (χ0v) is 21.9. The number of methoxy groups -OCH3 is 1. The van der Waals surface area contributed by atoms with E-state index in [2.05, 4.69) is 27.9 Å². The Hall–Kier alpha value is -4.35. The van der Waals surface area contributed by atoms with Gasteiger partial charge < -0.3 is 20.2 Å². The van der Waals surface area contributed by atoms with E-state index in [4.69, 9.17) is 15.5 Å². The van der Waals surface area contributed by atoms with Crippen molar-refractivity contribution in [2.24, 2.45) is 11.1 Å². The molecule has 0 bridgehead atoms. The minimum Gasteiger partial charge on any atom is -0.494 e. The number of nitrogens with zero attached hydrogens (tertiary/aromatic N) is 5. The average molecular weight is 538 g/mol. The number of fused-ring (bicyclic) bond motifs is 1. The van der Waals surface area contributed by atoms with Gasteiger partial charge in [-0.2, -0.15) is 0 Å². The number of pyridine rings is 1. The first-order chi connectivity index (χ1) is 18.6. The van der Waals surface area contributed by atoms with Crippen molar-refractivity contribution >= 4 is 17.5 Å². The van der Waals surface area contributed by atoms with Crippen molar-refractivity contribution in [2.75, 3.05) is 7.11 Å². The van der Waals surface area contributed by atoms with Gasteiger partial charge in [0.15, 0.2) is 17.3 Å². The minimum absolute atomic E-state index is 0.0117. The molecule has 10 nitrogen and oxygen atoms in total. The highest BCUT2D eigenvalue weighted by Crippen LogP contribution is 2.41. The third-order valence-corrected chi connectivity index (χ3v) is 6.94. The Morgan fingerprint density at radius 2 is 1.97 bits per heavy atom. The van der Waals surface area contributed by atoms with Crippen LogP contribution >= 0.6 is 0 Å². The quantitative estimate of drug-likeness (QED) is 0.320. The van der Waals surface area contributed by atoms with Crippen LogP contribution in [-0.2, 0) is 24.3 Å². The fourth-order valence-corrected chi connectivity index (χ4v) is 4.45. The molecule has 0 aliphatic heterocycles. The van der Waals surface area contributed by atoms with Crippen LogP contribution in [0.5, 0.6) is 5.75 Å². The Labute approximate surface area is 223 Å². The molecule has 1 aliphatic rings. The lowest BCUT2D eigenvalue weighted by atomic mass is 9.85. The molecule has 4 aromatic rings. The standard InChI is InChI=1S/C27H29F2N7O3/c1-27(2,26(30)38)9-16-8-17(15-4-5-15)11-35-12-18(32-24(16)35)13-36-14-21(33-34-36)25(37)31-10-19-20(28)6-7-22(39-3)23(19)29/h6-8,11-12,14-15H,4-5,9-10,13H2,1-3H3,(H2,30,38)(H,31,37). The summed E-state index contributed by atoms with van der Waals surface area (Å²) in [6.07, 6.45) is 8.09. The van der Waals surface area contributed by atoms with Gasteiger partial charge in [0.05, 0.1) is 25.5 Å². The van der Waals surface area contributed by atoms with Gasteiger partial charge in [-0.15, -0.1) is 5.10 Å². The van der Waals surface area contributed by atoms with Crippen molar-refractivity contribution in [3.05, 3.63) is 76.5 Å². The number of hydrogen-bond acceptors (Lipinski definition) is 6.